The molecule has 0 aliphatic rings. The Morgan fingerprint density at radius 1 is 1.20 bits per heavy atom. The lowest BCUT2D eigenvalue weighted by atomic mass is 9.95. The molecule has 0 heterocycles. The summed E-state index contributed by atoms with van der Waals surface area (Å²) in [5.74, 6) is 0.169. The molecule has 0 aliphatic carbocycles. The van der Waals surface area contributed by atoms with Crippen molar-refractivity contribution in [2.75, 3.05) is 14.1 Å². The van der Waals surface area contributed by atoms with Gasteiger partial charge in [-0.2, -0.15) is 0 Å². The van der Waals surface area contributed by atoms with E-state index in [-0.39, 0.29) is 18.7 Å². The monoisotopic (exact) mass is 145 g/mol. The molecule has 10 heavy (non-hydrogen) atoms. The van der Waals surface area contributed by atoms with E-state index >= 15 is 0 Å². The molecule has 0 saturated carbocycles. The van der Waals surface area contributed by atoms with Crippen LogP contribution < -0.4 is 0 Å². The Labute approximate surface area is 64.2 Å². The highest BCUT2D eigenvalue weighted by molar-refractivity contribution is 5.80. The minimum atomic E-state index is -0.233. The third-order valence-corrected chi connectivity index (χ3v) is 1.05. The van der Waals surface area contributed by atoms with Crippen molar-refractivity contribution < 1.29 is 4.79 Å². The van der Waals surface area contributed by atoms with Crippen LogP contribution in [0, 0.1) is 5.41 Å². The fourth-order valence-electron chi connectivity index (χ4n) is 0.671. The molecule has 1 amide bonds. The van der Waals surface area contributed by atoms with Crippen molar-refractivity contribution in [3.8, 4) is 0 Å². The van der Waals surface area contributed by atoms with Crippen LogP contribution in [0.15, 0.2) is 0 Å². The molecule has 0 aromatic heterocycles. The van der Waals surface area contributed by atoms with E-state index in [0.29, 0.717) is 0 Å². The summed E-state index contributed by atoms with van der Waals surface area (Å²) in [7, 11) is 3.54. The summed E-state index contributed by atoms with van der Waals surface area (Å²) in [5, 5.41) is 0. The summed E-state index contributed by atoms with van der Waals surface area (Å²) < 4.78 is 0. The van der Waals surface area contributed by atoms with Crippen molar-refractivity contribution in [1.82, 2.24) is 4.90 Å². The standard InChI is InChI=1S/C7H15NO.CH4/c1-7(2,3)6(9)8(4)5;/h1-5H3;1H4. The molecule has 0 N–H and O–H groups in total. The first-order valence-electron chi connectivity index (χ1n) is 3.07. The molecular weight excluding hydrogens is 126 g/mol. The number of carbonyl (C=O) groups excluding carboxylic acids is 1. The Kier molecular flexibility index (Phi) is 4.37. The van der Waals surface area contributed by atoms with E-state index in [1.165, 1.54) is 0 Å². The van der Waals surface area contributed by atoms with Gasteiger partial charge in [0.15, 0.2) is 0 Å². The summed E-state index contributed by atoms with van der Waals surface area (Å²) in [5.41, 5.74) is -0.233. The largest absolute Gasteiger partial charge is 0.348 e. The SMILES string of the molecule is C.CN(C)C(=O)C(C)(C)C. The molecule has 0 radical (unpaired) electrons. The number of hydrogen-bond donors (Lipinski definition) is 0. The van der Waals surface area contributed by atoms with Crippen molar-refractivity contribution in [2.24, 2.45) is 5.41 Å². The highest BCUT2D eigenvalue weighted by Gasteiger charge is 2.22. The minimum Gasteiger partial charge on any atom is -0.348 e. The van der Waals surface area contributed by atoms with Crippen molar-refractivity contribution in [3.63, 3.8) is 0 Å². The number of rotatable bonds is 0. The molecule has 0 spiro atoms. The summed E-state index contributed by atoms with van der Waals surface area (Å²) >= 11 is 0. The lowest BCUT2D eigenvalue weighted by Gasteiger charge is -2.21. The van der Waals surface area contributed by atoms with Crippen LogP contribution in [0.3, 0.4) is 0 Å². The van der Waals surface area contributed by atoms with E-state index in [9.17, 15) is 4.79 Å². The van der Waals surface area contributed by atoms with Crippen LogP contribution in [0.5, 0.6) is 0 Å². The molecule has 62 valence electrons. The topological polar surface area (TPSA) is 20.3 Å². The van der Waals surface area contributed by atoms with Gasteiger partial charge < -0.3 is 4.90 Å². The van der Waals surface area contributed by atoms with Gasteiger partial charge in [-0.05, 0) is 0 Å². The summed E-state index contributed by atoms with van der Waals surface area (Å²) in [4.78, 5) is 12.7. The normalized spacial score (nSPS) is 10.1. The predicted molar refractivity (Wildman–Crippen MR) is 44.9 cm³/mol. The van der Waals surface area contributed by atoms with Crippen LogP contribution in [0.2, 0.25) is 0 Å². The molecule has 2 nitrogen and oxygen atoms in total. The summed E-state index contributed by atoms with van der Waals surface area (Å²) in [6.45, 7) is 5.74. The van der Waals surface area contributed by atoms with E-state index in [2.05, 4.69) is 0 Å². The van der Waals surface area contributed by atoms with E-state index in [0.717, 1.165) is 0 Å². The van der Waals surface area contributed by atoms with Gasteiger partial charge in [0.1, 0.15) is 0 Å². The molecule has 0 atom stereocenters. The van der Waals surface area contributed by atoms with Gasteiger partial charge >= 0.3 is 0 Å². The molecule has 0 bridgehead atoms. The lowest BCUT2D eigenvalue weighted by molar-refractivity contribution is -0.136. The number of nitrogens with zero attached hydrogens (tertiary/aromatic N) is 1. The number of hydrogen-bond acceptors (Lipinski definition) is 1. The Bertz CT molecular complexity index is 111. The second-order valence-corrected chi connectivity index (χ2v) is 3.45. The average Bonchev–Trinajstić information content (AvgIpc) is 1.62. The maximum atomic E-state index is 11.1. The smallest absolute Gasteiger partial charge is 0.227 e. The van der Waals surface area contributed by atoms with E-state index in [1.807, 2.05) is 20.8 Å². The molecule has 0 fully saturated rings. The Morgan fingerprint density at radius 2 is 1.50 bits per heavy atom. The molecule has 0 unspecified atom stereocenters. The summed E-state index contributed by atoms with van der Waals surface area (Å²) in [6.07, 6.45) is 0. The maximum absolute atomic E-state index is 11.1. The van der Waals surface area contributed by atoms with Gasteiger partial charge in [-0.15, -0.1) is 0 Å². The van der Waals surface area contributed by atoms with Gasteiger partial charge in [-0.25, -0.2) is 0 Å². The maximum Gasteiger partial charge on any atom is 0.227 e. The summed E-state index contributed by atoms with van der Waals surface area (Å²) in [6, 6.07) is 0. The molecular formula is C8H19NO. The fourth-order valence-corrected chi connectivity index (χ4v) is 0.671. The van der Waals surface area contributed by atoms with E-state index in [4.69, 9.17) is 0 Å². The minimum absolute atomic E-state index is 0. The molecule has 0 rings (SSSR count). The fraction of sp³-hybridized carbons (Fsp3) is 0.875. The Morgan fingerprint density at radius 3 is 1.50 bits per heavy atom. The highest BCUT2D eigenvalue weighted by Crippen LogP contribution is 2.14. The molecule has 2 heteroatoms. The highest BCUT2D eigenvalue weighted by atomic mass is 16.2. The van der Waals surface area contributed by atoms with Crippen LogP contribution in [0.4, 0.5) is 0 Å². The van der Waals surface area contributed by atoms with Gasteiger partial charge in [0.25, 0.3) is 0 Å². The quantitative estimate of drug-likeness (QED) is 0.508. The first kappa shape index (κ1) is 12.2. The average molecular weight is 145 g/mol. The van der Waals surface area contributed by atoms with Crippen LogP contribution >= 0.6 is 0 Å². The van der Waals surface area contributed by atoms with Gasteiger partial charge in [-0.1, -0.05) is 28.2 Å². The van der Waals surface area contributed by atoms with Crippen molar-refractivity contribution in [3.05, 3.63) is 0 Å². The van der Waals surface area contributed by atoms with Crippen LogP contribution in [-0.4, -0.2) is 24.9 Å². The van der Waals surface area contributed by atoms with E-state index in [1.54, 1.807) is 19.0 Å². The second-order valence-electron chi connectivity index (χ2n) is 3.45. The number of amides is 1. The van der Waals surface area contributed by atoms with Gasteiger partial charge in [0, 0.05) is 19.5 Å². The van der Waals surface area contributed by atoms with Crippen LogP contribution in [-0.2, 0) is 4.79 Å². The Hall–Kier alpha value is -0.530. The zero-order chi connectivity index (χ0) is 7.65. The predicted octanol–water partition coefficient (Wildman–Crippen LogP) is 1.76. The zero-order valence-corrected chi connectivity index (χ0v) is 6.86. The van der Waals surface area contributed by atoms with Gasteiger partial charge in [-0.3, -0.25) is 4.79 Å². The van der Waals surface area contributed by atoms with Crippen LogP contribution in [0.25, 0.3) is 0 Å². The van der Waals surface area contributed by atoms with Crippen LogP contribution in [0.1, 0.15) is 28.2 Å². The van der Waals surface area contributed by atoms with E-state index < -0.39 is 0 Å². The third-order valence-electron chi connectivity index (χ3n) is 1.05. The first-order chi connectivity index (χ1) is 3.85. The Balaban J connectivity index is 0. The molecule has 0 saturated heterocycles. The van der Waals surface area contributed by atoms with Crippen molar-refractivity contribution in [2.45, 2.75) is 28.2 Å². The lowest BCUT2D eigenvalue weighted by Crippen LogP contribution is -2.33. The van der Waals surface area contributed by atoms with Crippen molar-refractivity contribution in [1.29, 1.82) is 0 Å². The van der Waals surface area contributed by atoms with Gasteiger partial charge in [0.2, 0.25) is 5.91 Å². The first-order valence-corrected chi connectivity index (χ1v) is 3.07. The zero-order valence-electron chi connectivity index (χ0n) is 6.86. The molecule has 0 aromatic carbocycles. The molecule has 0 aliphatic heterocycles. The second kappa shape index (κ2) is 3.59. The third kappa shape index (κ3) is 3.49. The number of carbonyl (C=O) groups is 1. The van der Waals surface area contributed by atoms with Crippen molar-refractivity contribution >= 4 is 5.91 Å². The van der Waals surface area contributed by atoms with Gasteiger partial charge in [0.05, 0.1) is 0 Å². The molecule has 0 aromatic rings.